The number of carbonyl (C=O) groups is 2. The summed E-state index contributed by atoms with van der Waals surface area (Å²) in [4.78, 5) is 31.0. The van der Waals surface area contributed by atoms with Gasteiger partial charge in [0.15, 0.2) is 5.78 Å². The largest absolute Gasteiger partial charge is 0.382 e. The molecule has 2 atom stereocenters. The molecule has 1 fully saturated rings. The Kier molecular flexibility index (Phi) is 6.67. The van der Waals surface area contributed by atoms with Crippen LogP contribution in [-0.4, -0.2) is 58.8 Å². The molecule has 180 valence electrons. The van der Waals surface area contributed by atoms with E-state index in [1.165, 1.54) is 30.3 Å². The molecule has 0 bridgehead atoms. The third-order valence-corrected chi connectivity index (χ3v) is 7.67. The summed E-state index contributed by atoms with van der Waals surface area (Å²) in [7, 11) is -3.68. The van der Waals surface area contributed by atoms with Crippen molar-refractivity contribution in [1.29, 1.82) is 0 Å². The Morgan fingerprint density at radius 1 is 1.21 bits per heavy atom. The maximum atomic E-state index is 13.2. The molecule has 3 aromatic rings. The molecule has 4 rings (SSSR count). The van der Waals surface area contributed by atoms with Gasteiger partial charge in [0.25, 0.3) is 5.91 Å². The third-order valence-electron chi connectivity index (χ3n) is 5.81. The van der Waals surface area contributed by atoms with Gasteiger partial charge in [-0.25, -0.2) is 8.42 Å². The van der Waals surface area contributed by atoms with Crippen LogP contribution in [0.4, 0.5) is 5.69 Å². The summed E-state index contributed by atoms with van der Waals surface area (Å²) in [5.41, 5.74) is 1.71. The average Bonchev–Trinajstić information content (AvgIpc) is 3.21. The van der Waals surface area contributed by atoms with Gasteiger partial charge in [0.2, 0.25) is 16.1 Å². The van der Waals surface area contributed by atoms with Crippen LogP contribution in [0.15, 0.2) is 47.4 Å². The van der Waals surface area contributed by atoms with E-state index in [9.17, 15) is 18.0 Å². The molecule has 1 N–H and O–H groups in total. The molecule has 1 saturated heterocycles. The molecular formula is C23H27N5O5S. The number of piperidine rings is 1. The molecule has 11 heteroatoms. The Hall–Kier alpha value is -3.31. The van der Waals surface area contributed by atoms with Gasteiger partial charge in [-0.05, 0) is 68.2 Å². The first kappa shape index (κ1) is 23.8. The molecule has 0 spiro atoms. The Bertz CT molecular complexity index is 1340. The lowest BCUT2D eigenvalue weighted by Crippen LogP contribution is -2.39. The topological polar surface area (TPSA) is 123 Å². The quantitative estimate of drug-likeness (QED) is 0.510. The zero-order valence-corrected chi connectivity index (χ0v) is 20.1. The molecule has 1 aliphatic rings. The van der Waals surface area contributed by atoms with Crippen LogP contribution < -0.4 is 10.2 Å². The minimum Gasteiger partial charge on any atom is -0.382 e. The van der Waals surface area contributed by atoms with Gasteiger partial charge in [0.05, 0.1) is 4.90 Å². The van der Waals surface area contributed by atoms with Gasteiger partial charge in [-0.2, -0.15) is 4.31 Å². The van der Waals surface area contributed by atoms with Crippen LogP contribution in [0.3, 0.4) is 0 Å². The number of anilines is 1. The van der Waals surface area contributed by atoms with Crippen LogP contribution in [-0.2, 0) is 14.8 Å². The lowest BCUT2D eigenvalue weighted by Gasteiger charge is -2.30. The van der Waals surface area contributed by atoms with Crippen LogP contribution in [0.2, 0.25) is 0 Å². The van der Waals surface area contributed by atoms with Crippen molar-refractivity contribution < 1.29 is 22.8 Å². The first-order chi connectivity index (χ1) is 16.1. The first-order valence-electron chi connectivity index (χ1n) is 11.1. The summed E-state index contributed by atoms with van der Waals surface area (Å²) in [6.07, 6.45) is 0.857. The van der Waals surface area contributed by atoms with Crippen LogP contribution in [0.1, 0.15) is 44.0 Å². The van der Waals surface area contributed by atoms with Crippen molar-refractivity contribution in [3.05, 3.63) is 48.0 Å². The molecule has 2 heterocycles. The first-order valence-corrected chi connectivity index (χ1v) is 12.5. The van der Waals surface area contributed by atoms with Gasteiger partial charge in [0, 0.05) is 24.3 Å². The van der Waals surface area contributed by atoms with Crippen molar-refractivity contribution in [3.63, 3.8) is 0 Å². The van der Waals surface area contributed by atoms with Crippen LogP contribution in [0.25, 0.3) is 11.0 Å². The summed E-state index contributed by atoms with van der Waals surface area (Å²) in [5.74, 6) is -0.270. The number of Topliss-reactive ketones (excluding diaryl/α,β-unsaturated/α-hetero) is 1. The molecule has 2 unspecified atom stereocenters. The zero-order chi connectivity index (χ0) is 24.5. The van der Waals surface area contributed by atoms with Crippen molar-refractivity contribution >= 4 is 38.4 Å². The molecule has 1 aliphatic heterocycles. The molecule has 0 aliphatic carbocycles. The molecular weight excluding hydrogens is 458 g/mol. The fourth-order valence-corrected chi connectivity index (χ4v) is 5.51. The Morgan fingerprint density at radius 3 is 2.74 bits per heavy atom. The molecule has 1 amide bonds. The average molecular weight is 486 g/mol. The van der Waals surface area contributed by atoms with Crippen molar-refractivity contribution in [2.75, 3.05) is 18.4 Å². The predicted molar refractivity (Wildman–Crippen MR) is 126 cm³/mol. The zero-order valence-electron chi connectivity index (χ0n) is 19.3. The van der Waals surface area contributed by atoms with Crippen LogP contribution in [0, 0.1) is 5.92 Å². The van der Waals surface area contributed by atoms with Crippen LogP contribution >= 0.6 is 0 Å². The van der Waals surface area contributed by atoms with Crippen molar-refractivity contribution in [2.45, 2.75) is 44.6 Å². The highest BCUT2D eigenvalue weighted by Gasteiger charge is 2.29. The van der Waals surface area contributed by atoms with E-state index in [1.807, 2.05) is 6.92 Å². The second-order valence-corrected chi connectivity index (χ2v) is 10.5. The second kappa shape index (κ2) is 9.51. The number of fused-ring (bicyclic) bond motifs is 1. The highest BCUT2D eigenvalue weighted by molar-refractivity contribution is 7.89. The summed E-state index contributed by atoms with van der Waals surface area (Å²) < 4.78 is 27.8. The van der Waals surface area contributed by atoms with Gasteiger partial charge in [-0.15, -0.1) is 5.10 Å². The molecule has 34 heavy (non-hydrogen) atoms. The van der Waals surface area contributed by atoms with Gasteiger partial charge >= 0.3 is 0 Å². The van der Waals surface area contributed by atoms with Gasteiger partial charge < -0.3 is 10.2 Å². The molecule has 0 saturated carbocycles. The fraction of sp³-hybridized carbons (Fsp3) is 0.391. The maximum absolute atomic E-state index is 13.2. The summed E-state index contributed by atoms with van der Waals surface area (Å²) in [6.45, 7) is 5.99. The van der Waals surface area contributed by atoms with Gasteiger partial charge in [0.1, 0.15) is 11.0 Å². The number of nitrogens with one attached hydrogen (secondary N) is 1. The van der Waals surface area contributed by atoms with E-state index < -0.39 is 22.0 Å². The number of sulfonamides is 1. The van der Waals surface area contributed by atoms with Crippen molar-refractivity contribution in [2.24, 2.45) is 5.92 Å². The van der Waals surface area contributed by atoms with Crippen molar-refractivity contribution in [3.8, 4) is 0 Å². The van der Waals surface area contributed by atoms with Crippen molar-refractivity contribution in [1.82, 2.24) is 19.5 Å². The third kappa shape index (κ3) is 4.95. The Labute approximate surface area is 197 Å². The fourth-order valence-electron chi connectivity index (χ4n) is 3.89. The molecule has 1 aromatic heterocycles. The molecule has 2 aromatic carbocycles. The normalized spacial score (nSPS) is 17.9. The van der Waals surface area contributed by atoms with E-state index >= 15 is 0 Å². The SMILES string of the molecule is CC(=O)c1cccc(NC(=O)C(C)On2nnc3ccc(S(=O)(=O)N4CCCC(C)C4)cc32)c1. The minimum atomic E-state index is -3.68. The summed E-state index contributed by atoms with van der Waals surface area (Å²) in [6, 6.07) is 11.1. The highest BCUT2D eigenvalue weighted by Crippen LogP contribution is 2.25. The number of nitrogens with zero attached hydrogens (tertiary/aromatic N) is 4. The number of amides is 1. The lowest BCUT2D eigenvalue weighted by molar-refractivity contribution is -0.127. The monoisotopic (exact) mass is 485 g/mol. The molecule has 0 radical (unpaired) electrons. The Balaban J connectivity index is 1.52. The van der Waals surface area contributed by atoms with E-state index in [2.05, 4.69) is 15.6 Å². The predicted octanol–water partition coefficient (Wildman–Crippen LogP) is 2.51. The summed E-state index contributed by atoms with van der Waals surface area (Å²) >= 11 is 0. The van der Waals surface area contributed by atoms with Gasteiger partial charge in [-0.1, -0.05) is 23.9 Å². The summed E-state index contributed by atoms with van der Waals surface area (Å²) in [5, 5.41) is 10.6. The second-order valence-electron chi connectivity index (χ2n) is 8.60. The van der Waals surface area contributed by atoms with E-state index in [0.717, 1.165) is 17.7 Å². The van der Waals surface area contributed by atoms with Gasteiger partial charge in [-0.3, -0.25) is 9.59 Å². The lowest BCUT2D eigenvalue weighted by atomic mass is 10.0. The standard InChI is InChI=1S/C23H27N5O5S/c1-15-6-5-11-27(14-15)34(31,32)20-9-10-21-22(13-20)28(26-25-21)33-17(3)23(30)24-19-8-4-7-18(12-19)16(2)29/h4,7-10,12-13,15,17H,5-6,11,14H2,1-3H3,(H,24,30). The highest BCUT2D eigenvalue weighted by atomic mass is 32.2. The number of benzene rings is 2. The number of rotatable bonds is 7. The number of hydrogen-bond acceptors (Lipinski definition) is 7. The maximum Gasteiger partial charge on any atom is 0.267 e. The minimum absolute atomic E-state index is 0.112. The smallest absolute Gasteiger partial charge is 0.267 e. The van der Waals surface area contributed by atoms with E-state index in [4.69, 9.17) is 4.84 Å². The number of aromatic nitrogens is 3. The van der Waals surface area contributed by atoms with E-state index in [-0.39, 0.29) is 10.7 Å². The molecule has 10 nitrogen and oxygen atoms in total. The Morgan fingerprint density at radius 2 is 2.00 bits per heavy atom. The number of ketones is 1. The number of hydrogen-bond donors (Lipinski definition) is 1. The van der Waals surface area contributed by atoms with E-state index in [1.54, 1.807) is 30.3 Å². The van der Waals surface area contributed by atoms with E-state index in [0.29, 0.717) is 41.3 Å². The number of carbonyl (C=O) groups excluding carboxylic acids is 2. The van der Waals surface area contributed by atoms with Crippen LogP contribution in [0.5, 0.6) is 0 Å².